The van der Waals surface area contributed by atoms with Gasteiger partial charge in [-0.3, -0.25) is 4.99 Å². The molecule has 0 aromatic carbocycles. The summed E-state index contributed by atoms with van der Waals surface area (Å²) < 4.78 is 0. The summed E-state index contributed by atoms with van der Waals surface area (Å²) in [6.07, 6.45) is 3.56. The van der Waals surface area contributed by atoms with Crippen LogP contribution < -0.4 is 10.6 Å². The number of guanidine groups is 1. The molecule has 0 spiro atoms. The Labute approximate surface area is 118 Å². The van der Waals surface area contributed by atoms with E-state index in [9.17, 15) is 0 Å². The van der Waals surface area contributed by atoms with E-state index in [0.29, 0.717) is 0 Å². The van der Waals surface area contributed by atoms with Gasteiger partial charge in [0.15, 0.2) is 5.96 Å². The molecule has 0 radical (unpaired) electrons. The Morgan fingerprint density at radius 2 is 1.88 bits per heavy atom. The van der Waals surface area contributed by atoms with Crippen LogP contribution in [0.4, 0.5) is 0 Å². The molecule has 98 valence electrons. The Hall–Kier alpha value is 0. The lowest BCUT2D eigenvalue weighted by molar-refractivity contribution is 0.573. The smallest absolute Gasteiger partial charge is 0.191 e. The van der Waals surface area contributed by atoms with E-state index in [-0.39, 0.29) is 24.0 Å². The Balaban J connectivity index is 0. The summed E-state index contributed by atoms with van der Waals surface area (Å²) >= 11 is 0. The van der Waals surface area contributed by atoms with E-state index in [1.54, 1.807) is 0 Å². The molecule has 0 aliphatic rings. The number of halogens is 1. The lowest BCUT2D eigenvalue weighted by Gasteiger charge is -2.12. The van der Waals surface area contributed by atoms with Crippen LogP contribution in [0.15, 0.2) is 4.99 Å². The fourth-order valence-corrected chi connectivity index (χ4v) is 1.17. The van der Waals surface area contributed by atoms with Crippen molar-refractivity contribution in [3.8, 4) is 0 Å². The zero-order chi connectivity index (χ0) is 11.5. The maximum Gasteiger partial charge on any atom is 0.191 e. The van der Waals surface area contributed by atoms with Gasteiger partial charge < -0.3 is 10.6 Å². The first kappa shape index (κ1) is 18.4. The number of aliphatic imine (C=N–C) groups is 1. The first-order valence-electron chi connectivity index (χ1n) is 6.22. The zero-order valence-electron chi connectivity index (χ0n) is 11.2. The second-order valence-corrected chi connectivity index (χ2v) is 4.22. The van der Waals surface area contributed by atoms with Crippen molar-refractivity contribution in [2.45, 2.75) is 47.0 Å². The number of unbranched alkanes of at least 4 members (excludes halogenated alkanes) is 1. The average molecular weight is 341 g/mol. The third kappa shape index (κ3) is 12.1. The number of rotatable bonds is 7. The highest BCUT2D eigenvalue weighted by Gasteiger charge is 1.97. The predicted molar refractivity (Wildman–Crippen MR) is 83.8 cm³/mol. The largest absolute Gasteiger partial charge is 0.357 e. The molecule has 0 heterocycles. The van der Waals surface area contributed by atoms with Crippen LogP contribution in [0.25, 0.3) is 0 Å². The van der Waals surface area contributed by atoms with Crippen LogP contribution in [0.1, 0.15) is 47.0 Å². The molecule has 2 N–H and O–H groups in total. The van der Waals surface area contributed by atoms with Crippen LogP contribution in [-0.2, 0) is 0 Å². The van der Waals surface area contributed by atoms with E-state index in [0.717, 1.165) is 31.5 Å². The third-order valence-corrected chi connectivity index (χ3v) is 2.14. The van der Waals surface area contributed by atoms with E-state index in [2.05, 4.69) is 43.3 Å². The highest BCUT2D eigenvalue weighted by Crippen LogP contribution is 1.96. The molecule has 0 aromatic rings. The maximum atomic E-state index is 4.49. The summed E-state index contributed by atoms with van der Waals surface area (Å²) in [6.45, 7) is 11.6. The molecule has 4 heteroatoms. The normalized spacial score (nSPS) is 11.2. The minimum absolute atomic E-state index is 0. The minimum Gasteiger partial charge on any atom is -0.357 e. The van der Waals surface area contributed by atoms with E-state index in [1.165, 1.54) is 19.3 Å². The van der Waals surface area contributed by atoms with E-state index in [4.69, 9.17) is 0 Å². The second-order valence-electron chi connectivity index (χ2n) is 4.22. The van der Waals surface area contributed by atoms with E-state index < -0.39 is 0 Å². The van der Waals surface area contributed by atoms with Crippen molar-refractivity contribution >= 4 is 29.9 Å². The number of hydrogen-bond acceptors (Lipinski definition) is 1. The Bertz CT molecular complexity index is 170. The Kier molecular flexibility index (Phi) is 15.0. The van der Waals surface area contributed by atoms with Crippen molar-refractivity contribution in [2.24, 2.45) is 10.9 Å². The summed E-state index contributed by atoms with van der Waals surface area (Å²) in [5, 5.41) is 6.60. The van der Waals surface area contributed by atoms with Crippen LogP contribution in [-0.4, -0.2) is 25.6 Å². The van der Waals surface area contributed by atoms with Gasteiger partial charge >= 0.3 is 0 Å². The summed E-state index contributed by atoms with van der Waals surface area (Å²) in [6, 6.07) is 0. The summed E-state index contributed by atoms with van der Waals surface area (Å²) in [5.41, 5.74) is 0. The topological polar surface area (TPSA) is 36.4 Å². The molecular formula is C12H28IN3. The van der Waals surface area contributed by atoms with Crippen molar-refractivity contribution in [1.82, 2.24) is 10.6 Å². The first-order chi connectivity index (χ1) is 7.20. The average Bonchev–Trinajstić information content (AvgIpc) is 2.17. The van der Waals surface area contributed by atoms with Crippen LogP contribution in [0, 0.1) is 5.92 Å². The van der Waals surface area contributed by atoms with E-state index in [1.807, 2.05) is 0 Å². The Morgan fingerprint density at radius 1 is 1.19 bits per heavy atom. The van der Waals surface area contributed by atoms with Crippen LogP contribution >= 0.6 is 24.0 Å². The van der Waals surface area contributed by atoms with Gasteiger partial charge in [0.05, 0.1) is 0 Å². The van der Waals surface area contributed by atoms with Crippen molar-refractivity contribution in [3.63, 3.8) is 0 Å². The number of nitrogens with one attached hydrogen (secondary N) is 2. The molecule has 0 atom stereocenters. The summed E-state index contributed by atoms with van der Waals surface area (Å²) in [5.74, 6) is 1.71. The van der Waals surface area contributed by atoms with Gasteiger partial charge in [-0.05, 0) is 25.7 Å². The lowest BCUT2D eigenvalue weighted by atomic mass is 10.1. The molecule has 0 aliphatic heterocycles. The fourth-order valence-electron chi connectivity index (χ4n) is 1.17. The Morgan fingerprint density at radius 3 is 2.38 bits per heavy atom. The molecule has 0 fully saturated rings. The minimum atomic E-state index is 0. The van der Waals surface area contributed by atoms with Gasteiger partial charge in [-0.1, -0.05) is 27.2 Å². The molecule has 0 unspecified atom stereocenters. The van der Waals surface area contributed by atoms with Crippen molar-refractivity contribution in [2.75, 3.05) is 19.6 Å². The van der Waals surface area contributed by atoms with Crippen molar-refractivity contribution in [3.05, 3.63) is 0 Å². The maximum absolute atomic E-state index is 4.49. The molecule has 0 saturated carbocycles. The molecule has 16 heavy (non-hydrogen) atoms. The van der Waals surface area contributed by atoms with Crippen LogP contribution in [0.3, 0.4) is 0 Å². The van der Waals surface area contributed by atoms with Crippen molar-refractivity contribution in [1.29, 1.82) is 0 Å². The van der Waals surface area contributed by atoms with Gasteiger partial charge in [-0.25, -0.2) is 0 Å². The molecule has 3 nitrogen and oxygen atoms in total. The molecule has 0 aliphatic carbocycles. The van der Waals surface area contributed by atoms with Gasteiger partial charge in [-0.2, -0.15) is 0 Å². The third-order valence-electron chi connectivity index (χ3n) is 2.14. The highest BCUT2D eigenvalue weighted by molar-refractivity contribution is 14.0. The van der Waals surface area contributed by atoms with Gasteiger partial charge in [0.1, 0.15) is 0 Å². The quantitative estimate of drug-likeness (QED) is 0.323. The predicted octanol–water partition coefficient (Wildman–Crippen LogP) is 3.01. The molecule has 0 saturated heterocycles. The molecule has 0 rings (SSSR count). The van der Waals surface area contributed by atoms with Gasteiger partial charge in [0.2, 0.25) is 0 Å². The number of hydrogen-bond donors (Lipinski definition) is 2. The number of nitrogens with zero attached hydrogens (tertiary/aromatic N) is 1. The second kappa shape index (κ2) is 13.1. The summed E-state index contributed by atoms with van der Waals surface area (Å²) in [7, 11) is 0. The van der Waals surface area contributed by atoms with Gasteiger partial charge in [0, 0.05) is 19.6 Å². The monoisotopic (exact) mass is 341 g/mol. The first-order valence-corrected chi connectivity index (χ1v) is 6.22. The molecule has 0 bridgehead atoms. The van der Waals surface area contributed by atoms with Crippen LogP contribution in [0.5, 0.6) is 0 Å². The fraction of sp³-hybridized carbons (Fsp3) is 0.917. The lowest BCUT2D eigenvalue weighted by Crippen LogP contribution is -2.38. The van der Waals surface area contributed by atoms with E-state index >= 15 is 0 Å². The SMILES string of the molecule is CCCCN=C(NCC)NCCC(C)C.I. The van der Waals surface area contributed by atoms with Crippen LogP contribution in [0.2, 0.25) is 0 Å². The van der Waals surface area contributed by atoms with Gasteiger partial charge in [-0.15, -0.1) is 24.0 Å². The standard InChI is InChI=1S/C12H27N3.HI/c1-5-7-9-14-12(13-6-2)15-10-8-11(3)4;/h11H,5-10H2,1-4H3,(H2,13,14,15);1H. The molecule has 0 amide bonds. The summed E-state index contributed by atoms with van der Waals surface area (Å²) in [4.78, 5) is 4.49. The highest BCUT2D eigenvalue weighted by atomic mass is 127. The van der Waals surface area contributed by atoms with Crippen molar-refractivity contribution < 1.29 is 0 Å². The van der Waals surface area contributed by atoms with Gasteiger partial charge in [0.25, 0.3) is 0 Å². The molecular weight excluding hydrogens is 313 g/mol. The molecule has 0 aromatic heterocycles. The zero-order valence-corrected chi connectivity index (χ0v) is 13.5.